The van der Waals surface area contributed by atoms with E-state index in [0.717, 1.165) is 12.8 Å². The summed E-state index contributed by atoms with van der Waals surface area (Å²) in [7, 11) is 1.73. The van der Waals surface area contributed by atoms with Crippen LogP contribution in [0, 0.1) is 5.92 Å². The van der Waals surface area contributed by atoms with Gasteiger partial charge in [0.2, 0.25) is 0 Å². The second-order valence-corrected chi connectivity index (χ2v) is 8.38. The summed E-state index contributed by atoms with van der Waals surface area (Å²) in [5.74, 6) is 0.800. The standard InChI is InChI=1S/C19H24N6O4/c1-22-14(5-7-20-22)16(26)23-8-6-19(11-23)12-24-15(10-29-19)21-25(18(28)17(24)27)9-13-3-2-4-13/h5,7,13H,2-4,6,8-12H2,1H3/t19-/m1/s1. The van der Waals surface area contributed by atoms with Crippen molar-refractivity contribution >= 4 is 5.91 Å². The lowest BCUT2D eigenvalue weighted by molar-refractivity contribution is -0.0844. The van der Waals surface area contributed by atoms with E-state index in [4.69, 9.17) is 4.74 Å². The van der Waals surface area contributed by atoms with Crippen LogP contribution in [0.5, 0.6) is 0 Å². The van der Waals surface area contributed by atoms with Crippen molar-refractivity contribution < 1.29 is 9.53 Å². The van der Waals surface area contributed by atoms with Crippen molar-refractivity contribution in [3.05, 3.63) is 44.5 Å². The fourth-order valence-corrected chi connectivity index (χ4v) is 4.46. The maximum atomic E-state index is 12.8. The molecular weight excluding hydrogens is 376 g/mol. The summed E-state index contributed by atoms with van der Waals surface area (Å²) in [6, 6.07) is 1.68. The molecule has 0 unspecified atom stereocenters. The molecule has 2 aromatic rings. The number of carbonyl (C=O) groups excluding carboxylic acids is 1. The van der Waals surface area contributed by atoms with Gasteiger partial charge in [0.25, 0.3) is 5.91 Å². The number of carbonyl (C=O) groups is 1. The van der Waals surface area contributed by atoms with E-state index in [0.29, 0.717) is 43.5 Å². The Morgan fingerprint density at radius 3 is 2.79 bits per heavy atom. The fourth-order valence-electron chi connectivity index (χ4n) is 4.46. The molecule has 154 valence electrons. The summed E-state index contributed by atoms with van der Waals surface area (Å²) >= 11 is 0. The van der Waals surface area contributed by atoms with E-state index in [2.05, 4.69) is 10.2 Å². The van der Waals surface area contributed by atoms with Crippen molar-refractivity contribution in [3.8, 4) is 0 Å². The Morgan fingerprint density at radius 1 is 1.28 bits per heavy atom. The molecule has 29 heavy (non-hydrogen) atoms. The Morgan fingerprint density at radius 2 is 2.10 bits per heavy atom. The topological polar surface area (TPSA) is 104 Å². The van der Waals surface area contributed by atoms with Gasteiger partial charge in [0.05, 0.1) is 13.1 Å². The first-order valence-electron chi connectivity index (χ1n) is 10.1. The molecule has 5 rings (SSSR count). The predicted molar refractivity (Wildman–Crippen MR) is 101 cm³/mol. The number of ether oxygens (including phenoxy) is 1. The molecular formula is C19H24N6O4. The van der Waals surface area contributed by atoms with Crippen LogP contribution in [0.25, 0.3) is 0 Å². The lowest BCUT2D eigenvalue weighted by Gasteiger charge is -2.35. The van der Waals surface area contributed by atoms with Gasteiger partial charge in [0.15, 0.2) is 5.82 Å². The van der Waals surface area contributed by atoms with Gasteiger partial charge in [0, 0.05) is 26.3 Å². The third-order valence-electron chi connectivity index (χ3n) is 6.46. The molecule has 1 saturated heterocycles. The van der Waals surface area contributed by atoms with E-state index in [1.807, 2.05) is 0 Å². The third-order valence-corrected chi connectivity index (χ3v) is 6.46. The Hall–Kier alpha value is -2.75. The van der Waals surface area contributed by atoms with E-state index in [1.165, 1.54) is 15.7 Å². The second kappa shape index (κ2) is 6.65. The maximum absolute atomic E-state index is 12.8. The molecule has 0 radical (unpaired) electrons. The number of hydrogen-bond acceptors (Lipinski definition) is 6. The third kappa shape index (κ3) is 3.02. The van der Waals surface area contributed by atoms with Crippen LogP contribution < -0.4 is 11.1 Å². The maximum Gasteiger partial charge on any atom is 0.332 e. The fraction of sp³-hybridized carbons (Fsp3) is 0.632. The van der Waals surface area contributed by atoms with Gasteiger partial charge in [-0.2, -0.15) is 10.2 Å². The lowest BCUT2D eigenvalue weighted by Crippen LogP contribution is -2.53. The van der Waals surface area contributed by atoms with Crippen molar-refractivity contribution in [2.45, 2.75) is 51.0 Å². The zero-order valence-electron chi connectivity index (χ0n) is 16.4. The monoisotopic (exact) mass is 400 g/mol. The first kappa shape index (κ1) is 18.3. The Bertz CT molecular complexity index is 1080. The van der Waals surface area contributed by atoms with Crippen LogP contribution in [0.1, 0.15) is 42.0 Å². The number of aryl methyl sites for hydroxylation is 1. The highest BCUT2D eigenvalue weighted by Crippen LogP contribution is 2.32. The minimum absolute atomic E-state index is 0.113. The van der Waals surface area contributed by atoms with Gasteiger partial charge in [-0.3, -0.25) is 23.6 Å². The van der Waals surface area contributed by atoms with Crippen LogP contribution in [0.2, 0.25) is 0 Å². The van der Waals surface area contributed by atoms with Crippen LogP contribution in [-0.4, -0.2) is 53.6 Å². The Balaban J connectivity index is 1.38. The molecule has 1 amide bonds. The highest BCUT2D eigenvalue weighted by Gasteiger charge is 2.45. The molecule has 0 aromatic carbocycles. The molecule has 10 nitrogen and oxygen atoms in total. The summed E-state index contributed by atoms with van der Waals surface area (Å²) in [5.41, 5.74) is -1.28. The molecule has 1 saturated carbocycles. The van der Waals surface area contributed by atoms with E-state index >= 15 is 0 Å². The number of aromatic nitrogens is 5. The largest absolute Gasteiger partial charge is 0.363 e. The summed E-state index contributed by atoms with van der Waals surface area (Å²) in [5, 5.41) is 8.46. The normalized spacial score (nSPS) is 24.0. The van der Waals surface area contributed by atoms with Crippen molar-refractivity contribution in [1.82, 2.24) is 29.0 Å². The molecule has 1 spiro atoms. The minimum Gasteiger partial charge on any atom is -0.363 e. The lowest BCUT2D eigenvalue weighted by atomic mass is 9.85. The van der Waals surface area contributed by atoms with Crippen molar-refractivity contribution in [2.24, 2.45) is 13.0 Å². The zero-order chi connectivity index (χ0) is 20.2. The smallest absolute Gasteiger partial charge is 0.332 e. The molecule has 1 atom stereocenters. The van der Waals surface area contributed by atoms with Gasteiger partial charge in [-0.15, -0.1) is 0 Å². The number of fused-ring (bicyclic) bond motifs is 1. The molecule has 2 fully saturated rings. The highest BCUT2D eigenvalue weighted by atomic mass is 16.5. The van der Waals surface area contributed by atoms with Crippen LogP contribution >= 0.6 is 0 Å². The van der Waals surface area contributed by atoms with Gasteiger partial charge < -0.3 is 9.64 Å². The van der Waals surface area contributed by atoms with Crippen molar-refractivity contribution in [2.75, 3.05) is 13.1 Å². The Labute approximate surface area is 166 Å². The van der Waals surface area contributed by atoms with Crippen LogP contribution in [0.3, 0.4) is 0 Å². The van der Waals surface area contributed by atoms with Crippen LogP contribution in [-0.2, 0) is 31.5 Å². The summed E-state index contributed by atoms with van der Waals surface area (Å²) in [6.45, 7) is 1.80. The number of likely N-dealkylation sites (tertiary alicyclic amines) is 1. The molecule has 10 heteroatoms. The van der Waals surface area contributed by atoms with Gasteiger partial charge >= 0.3 is 11.1 Å². The quantitative estimate of drug-likeness (QED) is 0.659. The molecule has 0 bridgehead atoms. The Kier molecular flexibility index (Phi) is 4.19. The minimum atomic E-state index is -0.667. The SMILES string of the molecule is Cn1nccc1C(=O)N1CC[C@@]2(C1)Cn1c(nn(CC3CCC3)c(=O)c1=O)CO2. The summed E-state index contributed by atoms with van der Waals surface area (Å²) in [4.78, 5) is 39.8. The van der Waals surface area contributed by atoms with Crippen LogP contribution in [0.15, 0.2) is 21.9 Å². The van der Waals surface area contributed by atoms with E-state index in [9.17, 15) is 14.4 Å². The average Bonchev–Trinajstić information content (AvgIpc) is 3.29. The van der Waals surface area contributed by atoms with E-state index < -0.39 is 16.7 Å². The molecule has 4 heterocycles. The number of amides is 1. The number of nitrogens with zero attached hydrogens (tertiary/aromatic N) is 6. The van der Waals surface area contributed by atoms with E-state index in [-0.39, 0.29) is 19.1 Å². The van der Waals surface area contributed by atoms with Crippen LogP contribution in [0.4, 0.5) is 0 Å². The number of rotatable bonds is 3. The zero-order valence-corrected chi connectivity index (χ0v) is 16.4. The average molecular weight is 400 g/mol. The van der Waals surface area contributed by atoms with Gasteiger partial charge in [-0.1, -0.05) is 6.42 Å². The highest BCUT2D eigenvalue weighted by molar-refractivity contribution is 5.92. The molecule has 2 aliphatic heterocycles. The van der Waals surface area contributed by atoms with Crippen molar-refractivity contribution in [1.29, 1.82) is 0 Å². The summed E-state index contributed by atoms with van der Waals surface area (Å²) in [6.07, 6.45) is 5.52. The van der Waals surface area contributed by atoms with Gasteiger partial charge in [0.1, 0.15) is 17.9 Å². The molecule has 0 N–H and O–H groups in total. The molecule has 1 aliphatic carbocycles. The second-order valence-electron chi connectivity index (χ2n) is 8.38. The van der Waals surface area contributed by atoms with E-state index in [1.54, 1.807) is 28.9 Å². The first-order valence-corrected chi connectivity index (χ1v) is 10.1. The number of hydrogen-bond donors (Lipinski definition) is 0. The summed E-state index contributed by atoms with van der Waals surface area (Å²) < 4.78 is 10.4. The first-order chi connectivity index (χ1) is 14.0. The molecule has 3 aliphatic rings. The van der Waals surface area contributed by atoms with Crippen molar-refractivity contribution in [3.63, 3.8) is 0 Å². The molecule has 2 aromatic heterocycles. The van der Waals surface area contributed by atoms with Gasteiger partial charge in [-0.25, -0.2) is 4.68 Å². The predicted octanol–water partition coefficient (Wildman–Crippen LogP) is -0.246. The van der Waals surface area contributed by atoms with Gasteiger partial charge in [-0.05, 0) is 31.2 Å².